The molecule has 6 rings (SSSR count). The molecule has 3 heterocycles. The van der Waals surface area contributed by atoms with Crippen molar-refractivity contribution in [3.05, 3.63) is 125 Å². The van der Waals surface area contributed by atoms with Gasteiger partial charge in [0.2, 0.25) is 11.8 Å². The molecule has 9 nitrogen and oxygen atoms in total. The summed E-state index contributed by atoms with van der Waals surface area (Å²) in [6, 6.07) is 32.1. The maximum Gasteiger partial charge on any atom is 0.339 e. The first-order valence-corrected chi connectivity index (χ1v) is 15.0. The van der Waals surface area contributed by atoms with E-state index in [0.29, 0.717) is 33.1 Å². The number of fused-ring (bicyclic) bond motifs is 2. The molecule has 0 unspecified atom stereocenters. The lowest BCUT2D eigenvalue weighted by molar-refractivity contribution is -0.140. The van der Waals surface area contributed by atoms with E-state index in [1.807, 2.05) is 72.8 Å². The summed E-state index contributed by atoms with van der Waals surface area (Å²) in [4.78, 5) is 32.4. The van der Waals surface area contributed by atoms with Gasteiger partial charge >= 0.3 is 5.97 Å². The van der Waals surface area contributed by atoms with Crippen LogP contribution in [-0.4, -0.2) is 29.2 Å². The third-order valence-electron chi connectivity index (χ3n) is 7.61. The van der Waals surface area contributed by atoms with E-state index in [-0.39, 0.29) is 35.1 Å². The van der Waals surface area contributed by atoms with Gasteiger partial charge < -0.3 is 20.5 Å². The normalized spacial score (nSPS) is 16.8. The Kier molecular flexibility index (Phi) is 7.82. The average Bonchev–Trinajstić information content (AvgIpc) is 3.35. The number of amides is 1. The molecular formula is C35H25N5O4S. The van der Waals surface area contributed by atoms with Crippen LogP contribution in [0.2, 0.25) is 0 Å². The Bertz CT molecular complexity index is 1990. The summed E-state index contributed by atoms with van der Waals surface area (Å²) in [6.07, 6.45) is 0. The maximum atomic E-state index is 13.9. The lowest BCUT2D eigenvalue weighted by Crippen LogP contribution is -2.46. The summed E-state index contributed by atoms with van der Waals surface area (Å²) in [5.74, 6) is -1.77. The summed E-state index contributed by atoms with van der Waals surface area (Å²) in [5, 5.41) is 23.8. The molecule has 220 valence electrons. The minimum absolute atomic E-state index is 0.0167. The largest absolute Gasteiger partial charge is 0.462 e. The van der Waals surface area contributed by atoms with Crippen molar-refractivity contribution in [1.29, 1.82) is 10.5 Å². The molecule has 1 spiro atoms. The monoisotopic (exact) mass is 611 g/mol. The molecule has 0 aliphatic carbocycles. The maximum absolute atomic E-state index is 13.9. The van der Waals surface area contributed by atoms with Gasteiger partial charge in [-0.15, -0.1) is 0 Å². The third kappa shape index (κ3) is 4.88. The van der Waals surface area contributed by atoms with Gasteiger partial charge in [-0.2, -0.15) is 10.5 Å². The van der Waals surface area contributed by atoms with Crippen LogP contribution in [0.15, 0.2) is 119 Å². The number of anilines is 1. The smallest absolute Gasteiger partial charge is 0.339 e. The molecule has 0 saturated carbocycles. The lowest BCUT2D eigenvalue weighted by atomic mass is 9.68. The quantitative estimate of drug-likeness (QED) is 0.195. The summed E-state index contributed by atoms with van der Waals surface area (Å²) in [7, 11) is 0. The van der Waals surface area contributed by atoms with Crippen LogP contribution >= 0.6 is 11.8 Å². The van der Waals surface area contributed by atoms with Gasteiger partial charge in [0, 0.05) is 22.4 Å². The van der Waals surface area contributed by atoms with Crippen molar-refractivity contribution in [1.82, 2.24) is 4.98 Å². The number of thioether (sulfide) groups is 1. The lowest BCUT2D eigenvalue weighted by Gasteiger charge is -2.34. The summed E-state index contributed by atoms with van der Waals surface area (Å²) < 4.78 is 11.4. The van der Waals surface area contributed by atoms with E-state index < -0.39 is 17.3 Å². The highest BCUT2D eigenvalue weighted by molar-refractivity contribution is 7.99. The molecule has 0 bridgehead atoms. The minimum atomic E-state index is -1.89. The molecule has 3 aromatic carbocycles. The number of nitrogens with zero attached hydrogens (tertiary/aromatic N) is 3. The Labute approximate surface area is 263 Å². The number of carbonyl (C=O) groups is 2. The fourth-order valence-corrected chi connectivity index (χ4v) is 6.62. The van der Waals surface area contributed by atoms with Crippen molar-refractivity contribution in [2.45, 2.75) is 17.4 Å². The number of aromatic nitrogens is 1. The molecule has 2 aliphatic rings. The number of nitriles is 2. The number of ether oxygens (including phenoxy) is 2. The Balaban J connectivity index is 1.53. The summed E-state index contributed by atoms with van der Waals surface area (Å²) >= 11 is 1.15. The number of hydrogen-bond acceptors (Lipinski definition) is 9. The second kappa shape index (κ2) is 12.0. The minimum Gasteiger partial charge on any atom is -0.462 e. The first-order chi connectivity index (χ1) is 21.9. The van der Waals surface area contributed by atoms with E-state index in [1.54, 1.807) is 31.2 Å². The molecule has 45 heavy (non-hydrogen) atoms. The second-order valence-electron chi connectivity index (χ2n) is 10.1. The van der Waals surface area contributed by atoms with E-state index in [4.69, 9.17) is 20.2 Å². The van der Waals surface area contributed by atoms with Crippen molar-refractivity contribution in [2.24, 2.45) is 5.73 Å². The fourth-order valence-electron chi connectivity index (χ4n) is 5.69. The van der Waals surface area contributed by atoms with Crippen LogP contribution in [0.1, 0.15) is 18.1 Å². The molecule has 1 atom stereocenters. The molecule has 4 aromatic rings. The number of esters is 1. The van der Waals surface area contributed by atoms with Crippen molar-refractivity contribution < 1.29 is 19.1 Å². The fraction of sp³-hybridized carbons (Fsp3) is 0.114. The number of benzene rings is 3. The Morgan fingerprint density at radius 1 is 1.00 bits per heavy atom. The molecule has 3 N–H and O–H groups in total. The zero-order valence-electron chi connectivity index (χ0n) is 24.0. The topological polar surface area (TPSA) is 151 Å². The van der Waals surface area contributed by atoms with Gasteiger partial charge in [-0.3, -0.25) is 4.79 Å². The van der Waals surface area contributed by atoms with Crippen molar-refractivity contribution in [3.8, 4) is 34.5 Å². The molecule has 10 heteroatoms. The van der Waals surface area contributed by atoms with Crippen molar-refractivity contribution in [2.75, 3.05) is 17.7 Å². The van der Waals surface area contributed by atoms with Crippen molar-refractivity contribution >= 4 is 29.3 Å². The number of nitrogens with two attached hydrogens (primary N) is 1. The van der Waals surface area contributed by atoms with Crippen molar-refractivity contribution in [3.63, 3.8) is 0 Å². The molecule has 1 amide bonds. The predicted molar refractivity (Wildman–Crippen MR) is 169 cm³/mol. The molecule has 2 aliphatic heterocycles. The van der Waals surface area contributed by atoms with Crippen LogP contribution in [0, 0.1) is 22.7 Å². The summed E-state index contributed by atoms with van der Waals surface area (Å²) in [5.41, 5.74) is 8.24. The number of hydrogen-bond donors (Lipinski definition) is 2. The molecule has 1 aromatic heterocycles. The Hall–Kier alpha value is -5.84. The molecule has 0 radical (unpaired) electrons. The highest BCUT2D eigenvalue weighted by Crippen LogP contribution is 2.52. The first kappa shape index (κ1) is 29.2. The van der Waals surface area contributed by atoms with Crippen LogP contribution < -0.4 is 11.1 Å². The SMILES string of the molecule is CCOC(=O)C1=C(CSc2nc(-c3ccccc3)cc(-c3ccccc3)c2C#N)OC(N)=C(C#N)[C@]12C(=O)Nc1ccccc12. The number of carbonyl (C=O) groups excluding carboxylic acids is 2. The highest BCUT2D eigenvalue weighted by atomic mass is 32.2. The molecule has 0 saturated heterocycles. The first-order valence-electron chi connectivity index (χ1n) is 14.0. The zero-order chi connectivity index (χ0) is 31.6. The van der Waals surface area contributed by atoms with Crippen LogP contribution in [0.5, 0.6) is 0 Å². The summed E-state index contributed by atoms with van der Waals surface area (Å²) in [6.45, 7) is 1.66. The Morgan fingerprint density at radius 2 is 1.67 bits per heavy atom. The van der Waals surface area contributed by atoms with Gasteiger partial charge in [0.05, 0.1) is 23.6 Å². The number of para-hydroxylation sites is 1. The van der Waals surface area contributed by atoms with Gasteiger partial charge in [-0.05, 0) is 24.6 Å². The van der Waals surface area contributed by atoms with E-state index in [9.17, 15) is 20.1 Å². The van der Waals surface area contributed by atoms with E-state index in [0.717, 1.165) is 22.9 Å². The zero-order valence-corrected chi connectivity index (χ0v) is 24.9. The van der Waals surface area contributed by atoms with Gasteiger partial charge in [0.15, 0.2) is 5.41 Å². The third-order valence-corrected chi connectivity index (χ3v) is 8.59. The predicted octanol–water partition coefficient (Wildman–Crippen LogP) is 5.81. The van der Waals surface area contributed by atoms with Gasteiger partial charge in [-0.1, -0.05) is 90.6 Å². The van der Waals surface area contributed by atoms with Crippen LogP contribution in [0.4, 0.5) is 5.69 Å². The van der Waals surface area contributed by atoms with E-state index >= 15 is 0 Å². The van der Waals surface area contributed by atoms with Crippen LogP contribution in [-0.2, 0) is 24.5 Å². The van der Waals surface area contributed by atoms with Crippen LogP contribution in [0.25, 0.3) is 22.4 Å². The molecule has 0 fully saturated rings. The number of rotatable bonds is 7. The number of nitrogens with one attached hydrogen (secondary N) is 1. The highest BCUT2D eigenvalue weighted by Gasteiger charge is 2.60. The van der Waals surface area contributed by atoms with Gasteiger partial charge in [0.1, 0.15) is 34.1 Å². The van der Waals surface area contributed by atoms with E-state index in [2.05, 4.69) is 11.4 Å². The standard InChI is InChI=1S/C35H25N5O4S/c1-2-43-33(41)30-29(44-31(38)26(19-37)35(30)25-15-9-10-16-27(25)40-34(35)42)20-45-32-24(18-36)23(21-11-5-3-6-12-21)17-28(39-32)22-13-7-4-8-14-22/h3-17H,2,20,38H2,1H3,(H,40,42)/t35-/m0/s1. The van der Waals surface area contributed by atoms with E-state index in [1.165, 1.54) is 0 Å². The average molecular weight is 612 g/mol. The van der Waals surface area contributed by atoms with Gasteiger partial charge in [-0.25, -0.2) is 9.78 Å². The van der Waals surface area contributed by atoms with Crippen LogP contribution in [0.3, 0.4) is 0 Å². The van der Waals surface area contributed by atoms with Gasteiger partial charge in [0.25, 0.3) is 0 Å². The Morgan fingerprint density at radius 3 is 2.33 bits per heavy atom. The molecular weight excluding hydrogens is 586 g/mol. The second-order valence-corrected chi connectivity index (χ2v) is 11.1. The number of pyridine rings is 1.